The Morgan fingerprint density at radius 3 is 2.68 bits per heavy atom. The van der Waals surface area contributed by atoms with E-state index in [1.54, 1.807) is 12.1 Å². The summed E-state index contributed by atoms with van der Waals surface area (Å²) in [4.78, 5) is 18.2. The number of pyridine rings is 2. The second-order valence-electron chi connectivity index (χ2n) is 5.79. The van der Waals surface area contributed by atoms with Crippen LogP contribution in [0.1, 0.15) is 24.0 Å². The van der Waals surface area contributed by atoms with E-state index < -0.39 is 22.9 Å². The number of hydrogen-bond donors (Lipinski definition) is 1. The zero-order valence-electron chi connectivity index (χ0n) is 13.1. The summed E-state index contributed by atoms with van der Waals surface area (Å²) >= 11 is 0. The van der Waals surface area contributed by atoms with Gasteiger partial charge in [-0.05, 0) is 36.6 Å². The number of hydrogen-bond acceptors (Lipinski definition) is 3. The molecular weight excluding hydrogens is 333 g/mol. The molecule has 0 aromatic carbocycles. The van der Waals surface area contributed by atoms with Crippen molar-refractivity contribution in [2.45, 2.75) is 31.2 Å². The molecule has 7 heteroatoms. The van der Waals surface area contributed by atoms with E-state index in [1.165, 1.54) is 24.7 Å². The van der Waals surface area contributed by atoms with E-state index in [0.717, 1.165) is 18.9 Å². The number of aromatic amines is 1. The molecule has 0 bridgehead atoms. The van der Waals surface area contributed by atoms with Crippen LogP contribution < -0.4 is 5.56 Å². The molecular formula is C18H15F3N2O2. The smallest absolute Gasteiger partial charge is 0.345 e. The van der Waals surface area contributed by atoms with E-state index >= 15 is 0 Å². The molecule has 1 saturated carbocycles. The van der Waals surface area contributed by atoms with Crippen LogP contribution in [0.3, 0.4) is 0 Å². The summed E-state index contributed by atoms with van der Waals surface area (Å²) in [6.07, 6.45) is 0.817. The van der Waals surface area contributed by atoms with Crippen molar-refractivity contribution in [2.24, 2.45) is 5.92 Å². The average Bonchev–Trinajstić information content (AvgIpc) is 3.40. The van der Waals surface area contributed by atoms with Crippen molar-refractivity contribution in [3.05, 3.63) is 64.3 Å². The highest BCUT2D eigenvalue weighted by Gasteiger charge is 2.58. The van der Waals surface area contributed by atoms with Crippen molar-refractivity contribution < 1.29 is 17.9 Å². The van der Waals surface area contributed by atoms with Gasteiger partial charge < -0.3 is 9.72 Å². The van der Waals surface area contributed by atoms with Gasteiger partial charge in [0.25, 0.3) is 11.2 Å². The second-order valence-corrected chi connectivity index (χ2v) is 5.79. The van der Waals surface area contributed by atoms with Gasteiger partial charge in [0, 0.05) is 24.5 Å². The van der Waals surface area contributed by atoms with Gasteiger partial charge in [0.2, 0.25) is 0 Å². The molecule has 25 heavy (non-hydrogen) atoms. The van der Waals surface area contributed by atoms with Crippen molar-refractivity contribution in [3.8, 4) is 11.8 Å². The summed E-state index contributed by atoms with van der Waals surface area (Å²) in [6.45, 7) is -0.374. The van der Waals surface area contributed by atoms with Gasteiger partial charge in [0.1, 0.15) is 0 Å². The Morgan fingerprint density at radius 2 is 2.08 bits per heavy atom. The van der Waals surface area contributed by atoms with Crippen LogP contribution in [0.5, 0.6) is 0 Å². The summed E-state index contributed by atoms with van der Waals surface area (Å²) in [5, 5.41) is 0. The van der Waals surface area contributed by atoms with Gasteiger partial charge in [0.05, 0.1) is 12.2 Å². The Labute approximate surface area is 142 Å². The van der Waals surface area contributed by atoms with Crippen LogP contribution in [0.25, 0.3) is 0 Å². The molecule has 0 radical (unpaired) electrons. The lowest BCUT2D eigenvalue weighted by Crippen LogP contribution is -2.47. The first kappa shape index (κ1) is 17.2. The molecule has 2 aromatic heterocycles. The van der Waals surface area contributed by atoms with E-state index in [4.69, 9.17) is 4.74 Å². The second kappa shape index (κ2) is 6.73. The van der Waals surface area contributed by atoms with E-state index in [-0.39, 0.29) is 12.5 Å². The van der Waals surface area contributed by atoms with E-state index in [2.05, 4.69) is 21.8 Å². The van der Waals surface area contributed by atoms with E-state index in [1.807, 2.05) is 0 Å². The number of nitrogens with zero attached hydrogens (tertiary/aromatic N) is 1. The largest absolute Gasteiger partial charge is 0.433 e. The quantitative estimate of drug-likeness (QED) is 0.864. The third-order valence-corrected chi connectivity index (χ3v) is 3.80. The van der Waals surface area contributed by atoms with E-state index in [9.17, 15) is 18.0 Å². The molecule has 2 heterocycles. The molecule has 3 rings (SSSR count). The molecule has 1 aliphatic rings. The number of aromatic nitrogens is 2. The maximum atomic E-state index is 14.0. The highest BCUT2D eigenvalue weighted by molar-refractivity contribution is 5.34. The first-order chi connectivity index (χ1) is 11.9. The topological polar surface area (TPSA) is 55.0 Å². The van der Waals surface area contributed by atoms with Crippen LogP contribution in [0.2, 0.25) is 0 Å². The number of halogens is 3. The number of alkyl halides is 3. The minimum Gasteiger partial charge on any atom is -0.345 e. The monoisotopic (exact) mass is 348 g/mol. The molecule has 0 spiro atoms. The predicted molar refractivity (Wildman–Crippen MR) is 84.3 cm³/mol. The van der Waals surface area contributed by atoms with Crippen LogP contribution in [-0.4, -0.2) is 16.1 Å². The Hall–Kier alpha value is -2.59. The van der Waals surface area contributed by atoms with Crippen LogP contribution in [-0.2, 0) is 16.9 Å². The van der Waals surface area contributed by atoms with Crippen LogP contribution in [0.4, 0.5) is 13.2 Å². The lowest BCUT2D eigenvalue weighted by molar-refractivity contribution is -0.263. The number of H-pyrrole nitrogens is 1. The fourth-order valence-corrected chi connectivity index (χ4v) is 2.29. The predicted octanol–water partition coefficient (Wildman–Crippen LogP) is 3.16. The molecule has 4 nitrogen and oxygen atoms in total. The average molecular weight is 348 g/mol. The van der Waals surface area contributed by atoms with Gasteiger partial charge in [-0.2, -0.15) is 13.2 Å². The van der Waals surface area contributed by atoms with Crippen molar-refractivity contribution in [1.29, 1.82) is 0 Å². The third kappa shape index (κ3) is 3.74. The van der Waals surface area contributed by atoms with Gasteiger partial charge >= 0.3 is 6.18 Å². The fraction of sp³-hybridized carbons (Fsp3) is 0.333. The molecule has 0 amide bonds. The number of nitrogens with one attached hydrogen (secondary N) is 1. The Kier molecular flexibility index (Phi) is 4.64. The van der Waals surface area contributed by atoms with Crippen molar-refractivity contribution >= 4 is 0 Å². The van der Waals surface area contributed by atoms with Gasteiger partial charge in [-0.1, -0.05) is 17.9 Å². The van der Waals surface area contributed by atoms with Crippen molar-refractivity contribution in [3.63, 3.8) is 0 Å². The standard InChI is InChI=1S/C18H15F3N2O2/c19-18(20,21)17(8-7-13-5-6-13,15-4-2-10-23-16(15)24)25-12-14-3-1-9-22-11-14/h1-4,9-11,13H,5-6,12H2,(H,23,24)/t17-/m0/s1. The summed E-state index contributed by atoms with van der Waals surface area (Å²) in [5.41, 5.74) is -3.98. The van der Waals surface area contributed by atoms with Crippen LogP contribution in [0.15, 0.2) is 47.7 Å². The zero-order valence-corrected chi connectivity index (χ0v) is 13.1. The molecule has 130 valence electrons. The Balaban J connectivity index is 2.06. The first-order valence-electron chi connectivity index (χ1n) is 7.73. The maximum absolute atomic E-state index is 14.0. The highest BCUT2D eigenvalue weighted by atomic mass is 19.4. The van der Waals surface area contributed by atoms with E-state index in [0.29, 0.717) is 5.56 Å². The van der Waals surface area contributed by atoms with Gasteiger partial charge in [-0.15, -0.1) is 0 Å². The molecule has 1 atom stereocenters. The fourth-order valence-electron chi connectivity index (χ4n) is 2.29. The highest BCUT2D eigenvalue weighted by Crippen LogP contribution is 2.42. The summed E-state index contributed by atoms with van der Waals surface area (Å²) < 4.78 is 47.3. The molecule has 1 aliphatic carbocycles. The Morgan fingerprint density at radius 1 is 1.28 bits per heavy atom. The SMILES string of the molecule is O=c1[nH]cccc1[C@](C#CC1CC1)(OCc1cccnc1)C(F)(F)F. The Bertz CT molecular complexity index is 848. The normalized spacial score (nSPS) is 16.6. The van der Waals surface area contributed by atoms with Gasteiger partial charge in [-0.3, -0.25) is 9.78 Å². The molecule has 2 aromatic rings. The molecule has 0 unspecified atom stereocenters. The molecule has 0 aliphatic heterocycles. The van der Waals surface area contributed by atoms with Crippen molar-refractivity contribution in [1.82, 2.24) is 9.97 Å². The first-order valence-corrected chi connectivity index (χ1v) is 7.73. The zero-order chi connectivity index (χ0) is 17.9. The van der Waals surface area contributed by atoms with Crippen LogP contribution in [0, 0.1) is 17.8 Å². The summed E-state index contributed by atoms with van der Waals surface area (Å²) in [7, 11) is 0. The van der Waals surface area contributed by atoms with Crippen molar-refractivity contribution in [2.75, 3.05) is 0 Å². The minimum absolute atomic E-state index is 0.0773. The van der Waals surface area contributed by atoms with Gasteiger partial charge in [0.15, 0.2) is 0 Å². The number of ether oxygens (including phenoxy) is 1. The lowest BCUT2D eigenvalue weighted by Gasteiger charge is -2.30. The molecule has 1 fully saturated rings. The minimum atomic E-state index is -4.88. The number of rotatable bonds is 4. The van der Waals surface area contributed by atoms with Gasteiger partial charge in [-0.25, -0.2) is 0 Å². The summed E-state index contributed by atoms with van der Waals surface area (Å²) in [6, 6.07) is 5.61. The third-order valence-electron chi connectivity index (χ3n) is 3.80. The molecule has 0 saturated heterocycles. The lowest BCUT2D eigenvalue weighted by atomic mass is 9.94. The molecule has 1 N–H and O–H groups in total. The summed E-state index contributed by atoms with van der Waals surface area (Å²) in [5.74, 6) is 4.75. The van der Waals surface area contributed by atoms with Crippen LogP contribution >= 0.6 is 0 Å². The maximum Gasteiger partial charge on any atom is 0.433 e.